The molecule has 0 bridgehead atoms. The van der Waals surface area contributed by atoms with E-state index < -0.39 is 0 Å². The molecule has 2 saturated carbocycles. The summed E-state index contributed by atoms with van der Waals surface area (Å²) in [5.41, 5.74) is 39.6. The molecular formula is C114H133BN4S2. The van der Waals surface area contributed by atoms with E-state index in [4.69, 9.17) is 0 Å². The molecule has 8 aliphatic rings. The van der Waals surface area contributed by atoms with E-state index in [1.54, 1.807) is 11.1 Å². The number of anilines is 10. The lowest BCUT2D eigenvalue weighted by molar-refractivity contribution is 0.195. The molecule has 121 heavy (non-hydrogen) atoms. The van der Waals surface area contributed by atoms with Gasteiger partial charge in [0.25, 0.3) is 6.71 Å². The quantitative estimate of drug-likeness (QED) is 0.147. The maximum Gasteiger partial charge on any atom is 0.264 e. The highest BCUT2D eigenvalue weighted by Crippen LogP contribution is 2.66. The van der Waals surface area contributed by atoms with Crippen LogP contribution in [-0.4, -0.2) is 17.8 Å². The van der Waals surface area contributed by atoms with Crippen LogP contribution in [0, 0.1) is 13.8 Å². The van der Waals surface area contributed by atoms with Crippen molar-refractivity contribution in [3.8, 4) is 22.3 Å². The Labute approximate surface area is 735 Å². The zero-order valence-electron chi connectivity index (χ0n) is 78.1. The summed E-state index contributed by atoms with van der Waals surface area (Å²) >= 11 is 4.00. The molecule has 0 saturated heterocycles. The van der Waals surface area contributed by atoms with Gasteiger partial charge in [-0.15, -0.1) is 22.7 Å². The van der Waals surface area contributed by atoms with Gasteiger partial charge < -0.3 is 19.6 Å². The molecule has 4 nitrogen and oxygen atoms in total. The fourth-order valence-electron chi connectivity index (χ4n) is 24.1. The summed E-state index contributed by atoms with van der Waals surface area (Å²) in [4.78, 5) is 11.1. The van der Waals surface area contributed by atoms with E-state index in [-0.39, 0.29) is 71.9 Å². The highest BCUT2D eigenvalue weighted by Gasteiger charge is 2.63. The third-order valence-electron chi connectivity index (χ3n) is 32.3. The van der Waals surface area contributed by atoms with Crippen LogP contribution in [0.25, 0.3) is 42.4 Å². The van der Waals surface area contributed by atoms with Crippen LogP contribution in [0.3, 0.4) is 0 Å². The Bertz CT molecular complexity index is 6230. The van der Waals surface area contributed by atoms with E-state index in [9.17, 15) is 0 Å². The Hall–Kier alpha value is -8.62. The van der Waals surface area contributed by atoms with Gasteiger partial charge in [-0.3, -0.25) is 0 Å². The summed E-state index contributed by atoms with van der Waals surface area (Å²) in [6.07, 6.45) is 14.8. The standard InChI is InChI=1S/C57H65BN2S.C57H68N2S/c1-34-27-45-48-46(28-34)60-50-42(56(12)23-17-18-24-57(56,60)13)30-37(53(5,6)7)31-43(50)58(48)51-49(39-32-40-41(33-47(39)61-51)55(10,11)26-25-54(40,8)9)59(45)44-22-21-36(52(2,3)4)29-38(44)35-19-15-14-16-20-35;1-37-29-41(33-42(30-37)59-49-24-22-40(53(5,6)7)32-47(49)56(12)25-17-18-26-57(56,59)13)58(48-23-21-39(52(2,3)4)31-43(48)38-19-15-14-16-20-38)50-36-60-51-35-46-45(34-44(50)51)54(8,9)27-28-55(46,10)11/h14-16,19-22,27-33H,17-18,23-26H2,1-13H3;14-16,19-24,29-36H,17-18,25-28H2,1-13H3. The van der Waals surface area contributed by atoms with Gasteiger partial charge >= 0.3 is 0 Å². The molecule has 0 N–H and O–H groups in total. The van der Waals surface area contributed by atoms with Crippen molar-refractivity contribution in [3.05, 3.63) is 254 Å². The van der Waals surface area contributed by atoms with E-state index in [2.05, 4.69) is 398 Å². The van der Waals surface area contributed by atoms with Crippen molar-refractivity contribution in [1.29, 1.82) is 0 Å². The summed E-state index contributed by atoms with van der Waals surface area (Å²) in [6.45, 7) is 63.4. The van der Waals surface area contributed by atoms with E-state index in [0.717, 1.165) is 0 Å². The number of benzene rings is 10. The number of thiophene rings is 2. The van der Waals surface area contributed by atoms with Gasteiger partial charge in [-0.1, -0.05) is 275 Å². The Balaban J connectivity index is 0.000000160. The Kier molecular flexibility index (Phi) is 18.6. The third-order valence-corrected chi connectivity index (χ3v) is 34.4. The van der Waals surface area contributed by atoms with Gasteiger partial charge in [-0.25, -0.2) is 0 Å². The Morgan fingerprint density at radius 3 is 1.41 bits per heavy atom. The average molecular weight is 1630 g/mol. The highest BCUT2D eigenvalue weighted by molar-refractivity contribution is 7.33. The van der Waals surface area contributed by atoms with E-state index >= 15 is 0 Å². The summed E-state index contributed by atoms with van der Waals surface area (Å²) in [5, 5.41) is 5.21. The zero-order valence-corrected chi connectivity index (χ0v) is 79.7. The van der Waals surface area contributed by atoms with E-state index in [1.807, 2.05) is 11.3 Å². The summed E-state index contributed by atoms with van der Waals surface area (Å²) < 4.78 is 4.30. The molecule has 4 unspecified atom stereocenters. The monoisotopic (exact) mass is 1630 g/mol. The number of rotatable bonds is 7. The van der Waals surface area contributed by atoms with Crippen LogP contribution in [-0.2, 0) is 54.1 Å². The van der Waals surface area contributed by atoms with Crippen molar-refractivity contribution in [2.75, 3.05) is 19.6 Å². The minimum Gasteiger partial charge on any atom is -0.335 e. The maximum absolute atomic E-state index is 2.91. The molecule has 0 spiro atoms. The topological polar surface area (TPSA) is 13.0 Å². The maximum atomic E-state index is 2.91. The second-order valence-electron chi connectivity index (χ2n) is 46.3. The predicted octanol–water partition coefficient (Wildman–Crippen LogP) is 31.2. The molecule has 624 valence electrons. The van der Waals surface area contributed by atoms with Crippen LogP contribution >= 0.6 is 22.7 Å². The normalized spacial score (nSPS) is 22.6. The molecule has 4 aliphatic carbocycles. The first-order valence-corrected chi connectivity index (χ1v) is 47.8. The summed E-state index contributed by atoms with van der Waals surface area (Å²) in [7, 11) is 0. The van der Waals surface area contributed by atoms with Gasteiger partial charge in [-0.05, 0) is 296 Å². The highest BCUT2D eigenvalue weighted by atomic mass is 32.1. The van der Waals surface area contributed by atoms with Crippen molar-refractivity contribution in [1.82, 2.24) is 0 Å². The lowest BCUT2D eigenvalue weighted by Crippen LogP contribution is -2.64. The smallest absolute Gasteiger partial charge is 0.264 e. The van der Waals surface area contributed by atoms with Crippen LogP contribution in [0.15, 0.2) is 187 Å². The van der Waals surface area contributed by atoms with Crippen LogP contribution in [0.2, 0.25) is 0 Å². The fourth-order valence-corrected chi connectivity index (χ4v) is 26.3. The third kappa shape index (κ3) is 12.6. The van der Waals surface area contributed by atoms with E-state index in [0.29, 0.717) is 0 Å². The summed E-state index contributed by atoms with van der Waals surface area (Å²) in [6, 6.07) is 72.7. The van der Waals surface area contributed by atoms with Crippen molar-refractivity contribution < 1.29 is 0 Å². The molecular weight excluding hydrogens is 1500 g/mol. The first-order chi connectivity index (χ1) is 56.8. The largest absolute Gasteiger partial charge is 0.335 e. The van der Waals surface area contributed by atoms with Gasteiger partial charge in [0.15, 0.2) is 0 Å². The SMILES string of the molecule is Cc1cc(N(c2ccc(C(C)(C)C)cc2-c2ccccc2)c2csc3cc4c(cc23)C(C)(C)CCC4(C)C)cc(N2c3ccc(C(C)(C)C)cc3C3(C)CCCCC23C)c1.Cc1cc2c3c(c1)N1c4c(cc(C(C)(C)C)cc4C4(C)CCCCC14C)B3c1sc3cc4c(cc3c1N2c1ccc(C(C)(C)C)cc1-c1ccccc1)C(C)(C)CCC4(C)C. The Morgan fingerprint density at radius 2 is 0.835 bits per heavy atom. The average Bonchev–Trinajstić information content (AvgIpc) is 1.49. The Morgan fingerprint density at radius 1 is 0.364 bits per heavy atom. The minimum atomic E-state index is -0.0456. The van der Waals surface area contributed by atoms with E-state index in [1.165, 1.54) is 248 Å². The molecule has 4 aliphatic heterocycles. The van der Waals surface area contributed by atoms with Crippen LogP contribution in [0.4, 0.5) is 56.9 Å². The number of hydrogen-bond donors (Lipinski definition) is 0. The second-order valence-corrected chi connectivity index (χ2v) is 48.3. The molecule has 7 heteroatoms. The number of nitrogens with zero attached hydrogens (tertiary/aromatic N) is 4. The van der Waals surface area contributed by atoms with Crippen LogP contribution in [0.5, 0.6) is 0 Å². The van der Waals surface area contributed by atoms with Crippen molar-refractivity contribution >= 4 is 122 Å². The molecule has 2 fully saturated rings. The predicted molar refractivity (Wildman–Crippen MR) is 529 cm³/mol. The number of aryl methyl sites for hydroxylation is 2. The molecule has 10 aromatic carbocycles. The van der Waals surface area contributed by atoms with Gasteiger partial charge in [-0.2, -0.15) is 0 Å². The van der Waals surface area contributed by atoms with Gasteiger partial charge in [0.2, 0.25) is 0 Å². The second kappa shape index (κ2) is 27.4. The first-order valence-electron chi connectivity index (χ1n) is 46.2. The number of hydrogen-bond acceptors (Lipinski definition) is 6. The molecule has 0 radical (unpaired) electrons. The van der Waals surface area contributed by atoms with Crippen molar-refractivity contribution in [3.63, 3.8) is 0 Å². The lowest BCUT2D eigenvalue weighted by atomic mass is 9.36. The molecule has 12 aromatic rings. The van der Waals surface area contributed by atoms with Crippen molar-refractivity contribution in [2.45, 2.75) is 322 Å². The summed E-state index contributed by atoms with van der Waals surface area (Å²) in [5.74, 6) is 0. The van der Waals surface area contributed by atoms with Crippen molar-refractivity contribution in [2.24, 2.45) is 0 Å². The molecule has 0 amide bonds. The zero-order chi connectivity index (χ0) is 85.8. The van der Waals surface area contributed by atoms with Gasteiger partial charge in [0.05, 0.1) is 33.8 Å². The molecule has 4 atom stereocenters. The fraction of sp³-hybridized carbons (Fsp3) is 0.439. The molecule has 2 aromatic heterocycles. The number of fused-ring (bicyclic) bond motifs is 15. The molecule has 6 heterocycles. The van der Waals surface area contributed by atoms with Gasteiger partial charge in [0.1, 0.15) is 0 Å². The lowest BCUT2D eigenvalue weighted by Gasteiger charge is -2.52. The first kappa shape index (κ1) is 82.0. The van der Waals surface area contributed by atoms with Crippen LogP contribution in [0.1, 0.15) is 310 Å². The van der Waals surface area contributed by atoms with Gasteiger partial charge in [0, 0.05) is 86.4 Å². The minimum absolute atomic E-state index is 0.00795. The van der Waals surface area contributed by atoms with Crippen LogP contribution < -0.4 is 35.3 Å². The molecule has 20 rings (SSSR count).